The van der Waals surface area contributed by atoms with Crippen LogP contribution < -0.4 is 20.3 Å². The van der Waals surface area contributed by atoms with Gasteiger partial charge in [-0.05, 0) is 57.9 Å². The fourth-order valence-corrected chi connectivity index (χ4v) is 3.85. The van der Waals surface area contributed by atoms with Crippen LogP contribution in [-0.4, -0.2) is 49.4 Å². The van der Waals surface area contributed by atoms with E-state index >= 15 is 0 Å². The Bertz CT molecular complexity index is 881. The molecule has 0 aliphatic carbocycles. The van der Waals surface area contributed by atoms with Crippen LogP contribution in [-0.2, 0) is 17.8 Å². The van der Waals surface area contributed by atoms with E-state index < -0.39 is 0 Å². The Balaban J connectivity index is 0.00000385. The van der Waals surface area contributed by atoms with Crippen molar-refractivity contribution >= 4 is 35.8 Å². The van der Waals surface area contributed by atoms with Crippen LogP contribution in [0.15, 0.2) is 41.5 Å². The van der Waals surface area contributed by atoms with E-state index in [1.165, 1.54) is 5.56 Å². The van der Waals surface area contributed by atoms with Gasteiger partial charge in [0.15, 0.2) is 5.96 Å². The first-order valence-corrected chi connectivity index (χ1v) is 11.6. The molecule has 3 rings (SSSR count). The Morgan fingerprint density at radius 1 is 1.15 bits per heavy atom. The number of aliphatic imine (C=N–C) groups is 1. The van der Waals surface area contributed by atoms with Gasteiger partial charge in [0, 0.05) is 37.9 Å². The zero-order chi connectivity index (χ0) is 22.9. The van der Waals surface area contributed by atoms with Crippen LogP contribution in [0.2, 0.25) is 0 Å². The molecule has 2 aromatic rings. The maximum absolute atomic E-state index is 5.82. The third-order valence-corrected chi connectivity index (χ3v) is 5.29. The van der Waals surface area contributed by atoms with Crippen molar-refractivity contribution in [3.63, 3.8) is 0 Å². The number of morpholine rings is 1. The van der Waals surface area contributed by atoms with Crippen LogP contribution in [0.4, 0.5) is 5.82 Å². The number of pyridine rings is 1. The highest BCUT2D eigenvalue weighted by molar-refractivity contribution is 14.0. The first-order valence-electron chi connectivity index (χ1n) is 11.6. The van der Waals surface area contributed by atoms with E-state index in [1.807, 2.05) is 13.1 Å². The minimum absolute atomic E-state index is 0. The summed E-state index contributed by atoms with van der Waals surface area (Å²) in [6, 6.07) is 10.5. The van der Waals surface area contributed by atoms with Crippen molar-refractivity contribution in [3.8, 4) is 5.75 Å². The SMILES string of the molecule is CCNC(=NCc1ccc(N2CC(C)OC(C)C2)nc1)NCc1ccc(C)cc1OCC.I. The van der Waals surface area contributed by atoms with Crippen LogP contribution >= 0.6 is 24.0 Å². The maximum Gasteiger partial charge on any atom is 0.191 e. The van der Waals surface area contributed by atoms with Crippen molar-refractivity contribution < 1.29 is 9.47 Å². The predicted molar refractivity (Wildman–Crippen MR) is 146 cm³/mol. The fourth-order valence-electron chi connectivity index (χ4n) is 3.85. The largest absolute Gasteiger partial charge is 0.494 e. The number of hydrogen-bond donors (Lipinski definition) is 2. The van der Waals surface area contributed by atoms with Crippen molar-refractivity contribution in [3.05, 3.63) is 53.2 Å². The zero-order valence-corrected chi connectivity index (χ0v) is 22.8. The van der Waals surface area contributed by atoms with E-state index in [-0.39, 0.29) is 36.2 Å². The van der Waals surface area contributed by atoms with Gasteiger partial charge in [0.1, 0.15) is 11.6 Å². The average Bonchev–Trinajstić information content (AvgIpc) is 2.76. The van der Waals surface area contributed by atoms with Gasteiger partial charge >= 0.3 is 0 Å². The predicted octanol–water partition coefficient (Wildman–Crippen LogP) is 4.28. The van der Waals surface area contributed by atoms with Crippen molar-refractivity contribution in [1.82, 2.24) is 15.6 Å². The molecule has 2 N–H and O–H groups in total. The summed E-state index contributed by atoms with van der Waals surface area (Å²) in [6.07, 6.45) is 2.35. The summed E-state index contributed by atoms with van der Waals surface area (Å²) in [5.74, 6) is 2.69. The molecule has 0 spiro atoms. The molecule has 1 aromatic carbocycles. The Hall–Kier alpha value is -2.07. The second-order valence-corrected chi connectivity index (χ2v) is 8.28. The van der Waals surface area contributed by atoms with Gasteiger partial charge in [0.05, 0.1) is 25.4 Å². The summed E-state index contributed by atoms with van der Waals surface area (Å²) in [4.78, 5) is 11.7. The van der Waals surface area contributed by atoms with Crippen LogP contribution in [0.25, 0.3) is 0 Å². The minimum Gasteiger partial charge on any atom is -0.494 e. The molecule has 2 atom stereocenters. The molecule has 0 radical (unpaired) electrons. The molecule has 1 fully saturated rings. The van der Waals surface area contributed by atoms with Gasteiger partial charge in [0.2, 0.25) is 0 Å². The lowest BCUT2D eigenvalue weighted by Gasteiger charge is -2.36. The molecule has 1 saturated heterocycles. The summed E-state index contributed by atoms with van der Waals surface area (Å²) in [6.45, 7) is 14.7. The topological polar surface area (TPSA) is 71.0 Å². The van der Waals surface area contributed by atoms with Gasteiger partial charge in [-0.25, -0.2) is 9.98 Å². The van der Waals surface area contributed by atoms with Crippen molar-refractivity contribution in [2.45, 2.75) is 59.9 Å². The first kappa shape index (κ1) is 27.2. The Morgan fingerprint density at radius 2 is 1.91 bits per heavy atom. The number of benzene rings is 1. The summed E-state index contributed by atoms with van der Waals surface area (Å²) in [7, 11) is 0. The van der Waals surface area contributed by atoms with Gasteiger partial charge in [-0.3, -0.25) is 0 Å². The van der Waals surface area contributed by atoms with Gasteiger partial charge in [-0.1, -0.05) is 18.2 Å². The molecule has 2 unspecified atom stereocenters. The smallest absolute Gasteiger partial charge is 0.191 e. The molecule has 0 amide bonds. The summed E-state index contributed by atoms with van der Waals surface area (Å²) < 4.78 is 11.6. The lowest BCUT2D eigenvalue weighted by Crippen LogP contribution is -2.45. The molecule has 0 bridgehead atoms. The minimum atomic E-state index is 0. The number of rotatable bonds is 8. The van der Waals surface area contributed by atoms with E-state index in [0.29, 0.717) is 19.7 Å². The molecule has 33 heavy (non-hydrogen) atoms. The fraction of sp³-hybridized carbons (Fsp3) is 0.520. The molecule has 1 aliphatic heterocycles. The summed E-state index contributed by atoms with van der Waals surface area (Å²) in [5, 5.41) is 6.73. The highest BCUT2D eigenvalue weighted by atomic mass is 127. The number of nitrogens with zero attached hydrogens (tertiary/aromatic N) is 3. The number of anilines is 1. The quantitative estimate of drug-likeness (QED) is 0.282. The average molecular weight is 568 g/mol. The standard InChI is InChI=1S/C25H37N5O2.HI/c1-6-26-25(29-15-22-10-8-18(3)12-23(22)31-7-2)28-14-21-9-11-24(27-13-21)30-16-19(4)32-20(5)17-30;/h8-13,19-20H,6-7,14-17H2,1-5H3,(H2,26,28,29);1H. The highest BCUT2D eigenvalue weighted by Crippen LogP contribution is 2.21. The Kier molecular flexibility index (Phi) is 11.2. The number of halogens is 1. The normalized spacial score (nSPS) is 18.5. The van der Waals surface area contributed by atoms with Crippen LogP contribution in [0, 0.1) is 6.92 Å². The number of aromatic nitrogens is 1. The lowest BCUT2D eigenvalue weighted by atomic mass is 10.1. The monoisotopic (exact) mass is 567 g/mol. The highest BCUT2D eigenvalue weighted by Gasteiger charge is 2.22. The molecule has 2 heterocycles. The molecule has 0 saturated carbocycles. The van der Waals surface area contributed by atoms with Crippen molar-refractivity contribution in [1.29, 1.82) is 0 Å². The molecule has 7 nitrogen and oxygen atoms in total. The van der Waals surface area contributed by atoms with E-state index in [2.05, 4.69) is 78.5 Å². The van der Waals surface area contributed by atoms with Crippen molar-refractivity contribution in [2.75, 3.05) is 31.1 Å². The van der Waals surface area contributed by atoms with Gasteiger partial charge in [-0.15, -0.1) is 24.0 Å². The van der Waals surface area contributed by atoms with Crippen LogP contribution in [0.5, 0.6) is 5.75 Å². The molecule has 182 valence electrons. The number of guanidine groups is 1. The molecule has 8 heteroatoms. The van der Waals surface area contributed by atoms with Crippen LogP contribution in [0.1, 0.15) is 44.4 Å². The van der Waals surface area contributed by atoms with Crippen molar-refractivity contribution in [2.24, 2.45) is 4.99 Å². The van der Waals surface area contributed by atoms with E-state index in [0.717, 1.165) is 48.3 Å². The van der Waals surface area contributed by atoms with E-state index in [1.54, 1.807) is 0 Å². The maximum atomic E-state index is 5.82. The number of aryl methyl sites for hydroxylation is 1. The first-order chi connectivity index (χ1) is 15.5. The zero-order valence-electron chi connectivity index (χ0n) is 20.4. The summed E-state index contributed by atoms with van der Waals surface area (Å²) >= 11 is 0. The number of nitrogens with one attached hydrogen (secondary N) is 2. The number of ether oxygens (including phenoxy) is 2. The Morgan fingerprint density at radius 3 is 2.55 bits per heavy atom. The van der Waals surface area contributed by atoms with E-state index in [9.17, 15) is 0 Å². The second kappa shape index (κ2) is 13.6. The van der Waals surface area contributed by atoms with Crippen LogP contribution in [0.3, 0.4) is 0 Å². The number of hydrogen-bond acceptors (Lipinski definition) is 5. The molecule has 1 aliphatic rings. The third kappa shape index (κ3) is 8.33. The van der Waals surface area contributed by atoms with Gasteiger partial charge in [0.25, 0.3) is 0 Å². The Labute approximate surface area is 215 Å². The lowest BCUT2D eigenvalue weighted by molar-refractivity contribution is -0.00545. The van der Waals surface area contributed by atoms with E-state index in [4.69, 9.17) is 14.5 Å². The third-order valence-electron chi connectivity index (χ3n) is 5.29. The summed E-state index contributed by atoms with van der Waals surface area (Å²) in [5.41, 5.74) is 3.38. The molecular weight excluding hydrogens is 529 g/mol. The molecular formula is C25H38IN5O2. The molecule has 1 aromatic heterocycles. The second-order valence-electron chi connectivity index (χ2n) is 8.28. The van der Waals surface area contributed by atoms with Gasteiger partial charge in [-0.2, -0.15) is 0 Å². The van der Waals surface area contributed by atoms with Gasteiger partial charge < -0.3 is 25.0 Å².